The molecular formula is C23H21N3O2. The molecule has 4 aromatic rings. The number of benzene rings is 2. The predicted molar refractivity (Wildman–Crippen MR) is 109 cm³/mol. The summed E-state index contributed by atoms with van der Waals surface area (Å²) >= 11 is 0. The van der Waals surface area contributed by atoms with E-state index < -0.39 is 0 Å². The Balaban J connectivity index is 1.31. The van der Waals surface area contributed by atoms with E-state index in [1.165, 1.54) is 16.7 Å². The highest BCUT2D eigenvalue weighted by Crippen LogP contribution is 2.21. The van der Waals surface area contributed by atoms with E-state index >= 15 is 0 Å². The van der Waals surface area contributed by atoms with Crippen LogP contribution in [0, 0.1) is 0 Å². The molecule has 0 bridgehead atoms. The second-order valence-electron chi connectivity index (χ2n) is 6.64. The largest absolute Gasteiger partial charge is 0.451 e. The number of hydrogen-bond acceptors (Lipinski definition) is 3. The number of carbonyl (C=O) groups excluding carboxylic acids is 1. The SMILES string of the molecule is Cn1cc(-c2ccc(C(=O)NCCc3ccc(-c4ccccc4)cc3)o2)cn1. The number of nitrogens with one attached hydrogen (secondary N) is 1. The van der Waals surface area contributed by atoms with Crippen molar-refractivity contribution in [2.45, 2.75) is 6.42 Å². The lowest BCUT2D eigenvalue weighted by Gasteiger charge is -2.06. The summed E-state index contributed by atoms with van der Waals surface area (Å²) in [4.78, 5) is 12.3. The molecule has 0 saturated heterocycles. The standard InChI is InChI=1S/C23H21N3O2/c1-26-16-20(15-25-26)21-11-12-22(28-21)23(27)24-14-13-17-7-9-19(10-8-17)18-5-3-2-4-6-18/h2-12,15-16H,13-14H2,1H3,(H,24,27). The van der Waals surface area contributed by atoms with E-state index in [2.05, 4.69) is 46.8 Å². The summed E-state index contributed by atoms with van der Waals surface area (Å²) in [5.41, 5.74) is 4.41. The molecule has 0 aliphatic carbocycles. The van der Waals surface area contributed by atoms with Crippen LogP contribution >= 0.6 is 0 Å². The van der Waals surface area contributed by atoms with Crippen molar-refractivity contribution in [3.63, 3.8) is 0 Å². The van der Waals surface area contributed by atoms with Crippen LogP contribution in [0.25, 0.3) is 22.5 Å². The van der Waals surface area contributed by atoms with Crippen LogP contribution in [0.4, 0.5) is 0 Å². The highest BCUT2D eigenvalue weighted by atomic mass is 16.3. The summed E-state index contributed by atoms with van der Waals surface area (Å²) in [6.45, 7) is 0.548. The lowest BCUT2D eigenvalue weighted by molar-refractivity contribution is 0.0927. The van der Waals surface area contributed by atoms with Gasteiger partial charge in [0, 0.05) is 19.8 Å². The first-order chi connectivity index (χ1) is 13.7. The molecular weight excluding hydrogens is 350 g/mol. The van der Waals surface area contributed by atoms with Gasteiger partial charge in [0.2, 0.25) is 0 Å². The Labute approximate surface area is 163 Å². The van der Waals surface area contributed by atoms with Crippen LogP contribution in [0.3, 0.4) is 0 Å². The van der Waals surface area contributed by atoms with E-state index in [0.717, 1.165) is 12.0 Å². The van der Waals surface area contributed by atoms with E-state index in [1.54, 1.807) is 23.0 Å². The van der Waals surface area contributed by atoms with Gasteiger partial charge in [-0.3, -0.25) is 9.48 Å². The van der Waals surface area contributed by atoms with Crippen molar-refractivity contribution < 1.29 is 9.21 Å². The number of carbonyl (C=O) groups is 1. The van der Waals surface area contributed by atoms with Crippen molar-refractivity contribution in [1.82, 2.24) is 15.1 Å². The normalized spacial score (nSPS) is 10.8. The molecule has 0 unspecified atom stereocenters. The number of nitrogens with zero attached hydrogens (tertiary/aromatic N) is 2. The molecule has 0 fully saturated rings. The molecule has 0 aliphatic rings. The van der Waals surface area contributed by atoms with Gasteiger partial charge < -0.3 is 9.73 Å². The molecule has 1 N–H and O–H groups in total. The third-order valence-electron chi connectivity index (χ3n) is 4.58. The van der Waals surface area contributed by atoms with Crippen molar-refractivity contribution in [1.29, 1.82) is 0 Å². The first-order valence-corrected chi connectivity index (χ1v) is 9.20. The molecule has 5 nitrogen and oxygen atoms in total. The summed E-state index contributed by atoms with van der Waals surface area (Å²) in [5.74, 6) is 0.726. The summed E-state index contributed by atoms with van der Waals surface area (Å²) in [7, 11) is 1.84. The van der Waals surface area contributed by atoms with Gasteiger partial charge in [-0.15, -0.1) is 0 Å². The van der Waals surface area contributed by atoms with E-state index in [9.17, 15) is 4.79 Å². The van der Waals surface area contributed by atoms with Crippen LogP contribution in [-0.4, -0.2) is 22.2 Å². The first-order valence-electron chi connectivity index (χ1n) is 9.20. The zero-order valence-electron chi connectivity index (χ0n) is 15.6. The van der Waals surface area contributed by atoms with Gasteiger partial charge in [0.1, 0.15) is 5.76 Å². The Hall–Kier alpha value is -3.60. The van der Waals surface area contributed by atoms with Crippen molar-refractivity contribution in [3.05, 3.63) is 90.4 Å². The Morgan fingerprint density at radius 1 is 0.964 bits per heavy atom. The van der Waals surface area contributed by atoms with Gasteiger partial charge in [0.15, 0.2) is 5.76 Å². The maximum atomic E-state index is 12.3. The minimum Gasteiger partial charge on any atom is -0.451 e. The summed E-state index contributed by atoms with van der Waals surface area (Å²) in [5, 5.41) is 7.02. The first kappa shape index (κ1) is 17.8. The third kappa shape index (κ3) is 4.04. The number of aryl methyl sites for hydroxylation is 1. The smallest absolute Gasteiger partial charge is 0.287 e. The molecule has 140 valence electrons. The average molecular weight is 371 g/mol. The minimum atomic E-state index is -0.212. The van der Waals surface area contributed by atoms with E-state index in [4.69, 9.17) is 4.42 Å². The minimum absolute atomic E-state index is 0.212. The molecule has 0 spiro atoms. The number of furan rings is 1. The molecule has 1 amide bonds. The quantitative estimate of drug-likeness (QED) is 0.549. The van der Waals surface area contributed by atoms with Crippen LogP contribution in [0.2, 0.25) is 0 Å². The Kier molecular flexibility index (Phi) is 5.06. The van der Waals surface area contributed by atoms with Gasteiger partial charge >= 0.3 is 0 Å². The average Bonchev–Trinajstić information content (AvgIpc) is 3.38. The highest BCUT2D eigenvalue weighted by Gasteiger charge is 2.12. The lowest BCUT2D eigenvalue weighted by atomic mass is 10.0. The number of rotatable bonds is 6. The van der Waals surface area contributed by atoms with E-state index in [1.807, 2.05) is 31.4 Å². The molecule has 0 saturated carbocycles. The van der Waals surface area contributed by atoms with E-state index in [-0.39, 0.29) is 5.91 Å². The van der Waals surface area contributed by atoms with Gasteiger partial charge in [0.05, 0.1) is 11.8 Å². The van der Waals surface area contributed by atoms with Crippen LogP contribution < -0.4 is 5.32 Å². The second kappa shape index (κ2) is 7.96. The number of hydrogen-bond donors (Lipinski definition) is 1. The van der Waals surface area contributed by atoms with Crippen LogP contribution in [0.5, 0.6) is 0 Å². The molecule has 28 heavy (non-hydrogen) atoms. The van der Waals surface area contributed by atoms with Gasteiger partial charge in [-0.25, -0.2) is 0 Å². The number of amides is 1. The zero-order chi connectivity index (χ0) is 19.3. The van der Waals surface area contributed by atoms with Gasteiger partial charge in [0.25, 0.3) is 5.91 Å². The lowest BCUT2D eigenvalue weighted by Crippen LogP contribution is -2.25. The molecule has 0 radical (unpaired) electrons. The predicted octanol–water partition coefficient (Wildman–Crippen LogP) is 4.32. The molecule has 2 aromatic heterocycles. The van der Waals surface area contributed by atoms with Gasteiger partial charge in [-0.1, -0.05) is 54.6 Å². The van der Waals surface area contributed by atoms with Crippen LogP contribution in [0.1, 0.15) is 16.1 Å². The Morgan fingerprint density at radius 3 is 2.43 bits per heavy atom. The maximum absolute atomic E-state index is 12.3. The summed E-state index contributed by atoms with van der Waals surface area (Å²) in [6.07, 6.45) is 4.32. The summed E-state index contributed by atoms with van der Waals surface area (Å²) in [6, 6.07) is 22.2. The monoisotopic (exact) mass is 371 g/mol. The van der Waals surface area contributed by atoms with Crippen LogP contribution in [-0.2, 0) is 13.5 Å². The third-order valence-corrected chi connectivity index (χ3v) is 4.58. The second-order valence-corrected chi connectivity index (χ2v) is 6.64. The van der Waals surface area contributed by atoms with Crippen molar-refractivity contribution in [3.8, 4) is 22.5 Å². The molecule has 0 aliphatic heterocycles. The Bertz CT molecular complexity index is 1060. The highest BCUT2D eigenvalue weighted by molar-refractivity contribution is 5.92. The molecule has 2 aromatic carbocycles. The topological polar surface area (TPSA) is 60.1 Å². The maximum Gasteiger partial charge on any atom is 0.287 e. The fraction of sp³-hybridized carbons (Fsp3) is 0.130. The van der Waals surface area contributed by atoms with Crippen molar-refractivity contribution in [2.24, 2.45) is 7.05 Å². The Morgan fingerprint density at radius 2 is 1.71 bits per heavy atom. The van der Waals surface area contributed by atoms with Crippen LogP contribution in [0.15, 0.2) is 83.5 Å². The van der Waals surface area contributed by atoms with Crippen molar-refractivity contribution >= 4 is 5.91 Å². The summed E-state index contributed by atoms with van der Waals surface area (Å²) < 4.78 is 7.34. The van der Waals surface area contributed by atoms with Gasteiger partial charge in [-0.2, -0.15) is 5.10 Å². The van der Waals surface area contributed by atoms with Crippen molar-refractivity contribution in [2.75, 3.05) is 6.54 Å². The molecule has 0 atom stereocenters. The molecule has 2 heterocycles. The zero-order valence-corrected chi connectivity index (χ0v) is 15.6. The fourth-order valence-electron chi connectivity index (χ4n) is 3.07. The molecule has 5 heteroatoms. The van der Waals surface area contributed by atoms with E-state index in [0.29, 0.717) is 18.1 Å². The fourth-order valence-corrected chi connectivity index (χ4v) is 3.07. The molecule has 4 rings (SSSR count). The van der Waals surface area contributed by atoms with Gasteiger partial charge in [-0.05, 0) is 35.2 Å². The number of aromatic nitrogens is 2.